The third-order valence-corrected chi connectivity index (χ3v) is 3.03. The van der Waals surface area contributed by atoms with Gasteiger partial charge in [0.15, 0.2) is 5.58 Å². The van der Waals surface area contributed by atoms with Crippen molar-refractivity contribution in [3.8, 4) is 0 Å². The zero-order valence-electron chi connectivity index (χ0n) is 10.0. The topological polar surface area (TPSA) is 81.2 Å². The number of benzene rings is 2. The molecule has 0 atom stereocenters. The van der Waals surface area contributed by atoms with Gasteiger partial charge in [-0.2, -0.15) is 4.98 Å². The molecule has 100 valence electrons. The molecule has 1 aromatic heterocycles. The Morgan fingerprint density at radius 1 is 1.25 bits per heavy atom. The van der Waals surface area contributed by atoms with Crippen molar-refractivity contribution >= 4 is 40.1 Å². The average Bonchev–Trinajstić information content (AvgIpc) is 2.82. The van der Waals surface area contributed by atoms with Crippen LogP contribution >= 0.6 is 11.6 Å². The molecule has 0 radical (unpaired) electrons. The normalized spacial score (nSPS) is 10.7. The molecule has 7 heteroatoms. The van der Waals surface area contributed by atoms with Crippen LogP contribution in [0.2, 0.25) is 5.02 Å². The van der Waals surface area contributed by atoms with Gasteiger partial charge in [-0.25, -0.2) is 0 Å². The zero-order chi connectivity index (χ0) is 14.1. The Balaban J connectivity index is 1.97. The average molecular weight is 290 g/mol. The second-order valence-corrected chi connectivity index (χ2v) is 4.44. The van der Waals surface area contributed by atoms with Gasteiger partial charge in [0.05, 0.1) is 21.7 Å². The molecule has 0 spiro atoms. The minimum absolute atomic E-state index is 0.0436. The first-order valence-corrected chi connectivity index (χ1v) is 6.08. The van der Waals surface area contributed by atoms with Crippen LogP contribution in [0.3, 0.4) is 0 Å². The van der Waals surface area contributed by atoms with Gasteiger partial charge in [0.2, 0.25) is 0 Å². The molecule has 3 rings (SSSR count). The molecule has 0 unspecified atom stereocenters. The van der Waals surface area contributed by atoms with Gasteiger partial charge in [-0.3, -0.25) is 10.1 Å². The van der Waals surface area contributed by atoms with Gasteiger partial charge in [0, 0.05) is 6.07 Å². The van der Waals surface area contributed by atoms with Crippen molar-refractivity contribution in [3.63, 3.8) is 0 Å². The van der Waals surface area contributed by atoms with Gasteiger partial charge in [0.1, 0.15) is 5.52 Å². The fourth-order valence-corrected chi connectivity index (χ4v) is 1.94. The number of aromatic nitrogens is 1. The van der Waals surface area contributed by atoms with Crippen LogP contribution < -0.4 is 5.32 Å². The molecule has 1 heterocycles. The van der Waals surface area contributed by atoms with Crippen LogP contribution in [0.25, 0.3) is 11.1 Å². The molecule has 20 heavy (non-hydrogen) atoms. The highest BCUT2D eigenvalue weighted by Crippen LogP contribution is 2.28. The van der Waals surface area contributed by atoms with Crippen LogP contribution in [-0.2, 0) is 0 Å². The molecule has 0 aliphatic rings. The highest BCUT2D eigenvalue weighted by atomic mass is 35.5. The minimum atomic E-state index is -0.483. The van der Waals surface area contributed by atoms with Crippen molar-refractivity contribution < 1.29 is 9.34 Å². The van der Waals surface area contributed by atoms with Gasteiger partial charge in [-0.15, -0.1) is 0 Å². The summed E-state index contributed by atoms with van der Waals surface area (Å²) in [6.45, 7) is 0. The van der Waals surface area contributed by atoms with Gasteiger partial charge in [-0.05, 0) is 18.2 Å². The summed E-state index contributed by atoms with van der Waals surface area (Å²) < 4.78 is 5.43. The van der Waals surface area contributed by atoms with Crippen molar-refractivity contribution in [1.82, 2.24) is 4.98 Å². The number of oxazole rings is 1. The third kappa shape index (κ3) is 2.28. The second-order valence-electron chi connectivity index (χ2n) is 4.03. The van der Waals surface area contributed by atoms with Crippen molar-refractivity contribution in [3.05, 3.63) is 57.6 Å². The van der Waals surface area contributed by atoms with Crippen LogP contribution in [0.4, 0.5) is 17.4 Å². The van der Waals surface area contributed by atoms with Crippen LogP contribution in [0.1, 0.15) is 0 Å². The summed E-state index contributed by atoms with van der Waals surface area (Å²) in [4.78, 5) is 14.4. The maximum absolute atomic E-state index is 10.7. The quantitative estimate of drug-likeness (QED) is 0.579. The molecule has 1 N–H and O–H groups in total. The van der Waals surface area contributed by atoms with Gasteiger partial charge >= 0.3 is 0 Å². The molecule has 3 aromatic rings. The summed E-state index contributed by atoms with van der Waals surface area (Å²) in [6, 6.07) is 11.6. The minimum Gasteiger partial charge on any atom is -0.423 e. The monoisotopic (exact) mass is 289 g/mol. The molecule has 2 aromatic carbocycles. The van der Waals surface area contributed by atoms with E-state index in [1.807, 2.05) is 12.1 Å². The first-order valence-electron chi connectivity index (χ1n) is 5.70. The number of fused-ring (bicyclic) bond motifs is 1. The predicted molar refractivity (Wildman–Crippen MR) is 75.4 cm³/mol. The van der Waals surface area contributed by atoms with E-state index in [-0.39, 0.29) is 11.7 Å². The highest BCUT2D eigenvalue weighted by molar-refractivity contribution is 6.33. The van der Waals surface area contributed by atoms with E-state index in [1.165, 1.54) is 18.2 Å². The summed E-state index contributed by atoms with van der Waals surface area (Å²) in [7, 11) is 0. The number of nitro benzene ring substituents is 1. The van der Waals surface area contributed by atoms with Crippen molar-refractivity contribution in [2.45, 2.75) is 0 Å². The standard InChI is InChI=1S/C13H8ClN3O3/c14-9-3-1-2-4-10(9)15-13-16-11-6-5-8(17(18)19)7-12(11)20-13/h1-7H,(H,15,16). The number of hydrogen-bond donors (Lipinski definition) is 1. The maximum atomic E-state index is 10.7. The van der Waals surface area contributed by atoms with Crippen LogP contribution in [0, 0.1) is 10.1 Å². The first kappa shape index (κ1) is 12.4. The summed E-state index contributed by atoms with van der Waals surface area (Å²) in [6.07, 6.45) is 0. The summed E-state index contributed by atoms with van der Waals surface area (Å²) in [5.41, 5.74) is 1.48. The molecule has 6 nitrogen and oxygen atoms in total. The van der Waals surface area contributed by atoms with E-state index in [4.69, 9.17) is 16.0 Å². The van der Waals surface area contributed by atoms with Crippen LogP contribution in [-0.4, -0.2) is 9.91 Å². The second kappa shape index (κ2) is 4.82. The van der Waals surface area contributed by atoms with E-state index in [9.17, 15) is 10.1 Å². The Morgan fingerprint density at radius 2 is 2.05 bits per heavy atom. The summed E-state index contributed by atoms with van der Waals surface area (Å²) >= 11 is 6.02. The summed E-state index contributed by atoms with van der Waals surface area (Å²) in [5, 5.41) is 14.2. The molecule has 0 bridgehead atoms. The lowest BCUT2D eigenvalue weighted by Gasteiger charge is -2.02. The molecule has 0 fully saturated rings. The Kier molecular flexibility index (Phi) is 3.00. The number of nitro groups is 1. The van der Waals surface area contributed by atoms with Crippen molar-refractivity contribution in [1.29, 1.82) is 0 Å². The number of non-ortho nitro benzene ring substituents is 1. The Bertz CT molecular complexity index is 800. The van der Waals surface area contributed by atoms with E-state index >= 15 is 0 Å². The fourth-order valence-electron chi connectivity index (χ4n) is 1.76. The number of nitrogens with one attached hydrogen (secondary N) is 1. The zero-order valence-corrected chi connectivity index (χ0v) is 10.8. The van der Waals surface area contributed by atoms with E-state index in [2.05, 4.69) is 10.3 Å². The van der Waals surface area contributed by atoms with Gasteiger partial charge < -0.3 is 9.73 Å². The Labute approximate surface area is 118 Å². The summed E-state index contributed by atoms with van der Waals surface area (Å²) in [5.74, 6) is 0. The third-order valence-electron chi connectivity index (χ3n) is 2.70. The smallest absolute Gasteiger partial charge is 0.300 e. The SMILES string of the molecule is O=[N+]([O-])c1ccc2nc(Nc3ccccc3Cl)oc2c1. The molecule has 0 saturated heterocycles. The number of halogens is 1. The van der Waals surface area contributed by atoms with Gasteiger partial charge in [-0.1, -0.05) is 23.7 Å². The van der Waals surface area contributed by atoms with Gasteiger partial charge in [0.25, 0.3) is 11.7 Å². The molecule has 0 aliphatic heterocycles. The molecular formula is C13H8ClN3O3. The maximum Gasteiger partial charge on any atom is 0.300 e. The largest absolute Gasteiger partial charge is 0.423 e. The molecule has 0 amide bonds. The van der Waals surface area contributed by atoms with Crippen LogP contribution in [0.5, 0.6) is 0 Å². The van der Waals surface area contributed by atoms with Crippen LogP contribution in [0.15, 0.2) is 46.9 Å². The molecule has 0 saturated carbocycles. The lowest BCUT2D eigenvalue weighted by atomic mass is 10.3. The number of nitrogens with zero attached hydrogens (tertiary/aromatic N) is 2. The number of para-hydroxylation sites is 1. The van der Waals surface area contributed by atoms with E-state index in [0.717, 1.165) is 0 Å². The fraction of sp³-hybridized carbons (Fsp3) is 0. The van der Waals surface area contributed by atoms with Crippen molar-refractivity contribution in [2.75, 3.05) is 5.32 Å². The lowest BCUT2D eigenvalue weighted by molar-refractivity contribution is -0.384. The Hall–Kier alpha value is -2.60. The number of hydrogen-bond acceptors (Lipinski definition) is 5. The number of rotatable bonds is 3. The lowest BCUT2D eigenvalue weighted by Crippen LogP contribution is -1.90. The Morgan fingerprint density at radius 3 is 2.80 bits per heavy atom. The molecular weight excluding hydrogens is 282 g/mol. The van der Waals surface area contributed by atoms with E-state index < -0.39 is 4.92 Å². The highest BCUT2D eigenvalue weighted by Gasteiger charge is 2.12. The predicted octanol–water partition coefficient (Wildman–Crippen LogP) is 4.13. The van der Waals surface area contributed by atoms with E-state index in [1.54, 1.807) is 12.1 Å². The number of anilines is 2. The van der Waals surface area contributed by atoms with E-state index in [0.29, 0.717) is 21.8 Å². The van der Waals surface area contributed by atoms with Crippen molar-refractivity contribution in [2.24, 2.45) is 0 Å². The first-order chi connectivity index (χ1) is 9.63. The molecule has 0 aliphatic carbocycles.